The van der Waals surface area contributed by atoms with Crippen molar-refractivity contribution < 1.29 is 19.7 Å². The molecule has 0 aliphatic carbocycles. The van der Waals surface area contributed by atoms with Gasteiger partial charge >= 0.3 is 5.97 Å². The Bertz CT molecular complexity index is 117. The number of hydrogen-bond acceptors (Lipinski definition) is 4. The van der Waals surface area contributed by atoms with Gasteiger partial charge in [0.1, 0.15) is 0 Å². The number of aliphatic hydroxyl groups is 1. The van der Waals surface area contributed by atoms with E-state index in [2.05, 4.69) is 10.1 Å². The molecule has 0 aromatic heterocycles. The molecule has 0 unspecified atom stereocenters. The summed E-state index contributed by atoms with van der Waals surface area (Å²) in [5.41, 5.74) is 0. The lowest BCUT2D eigenvalue weighted by atomic mass is 10.4. The Morgan fingerprint density at radius 2 is 2.36 bits per heavy atom. The van der Waals surface area contributed by atoms with Gasteiger partial charge in [0.25, 0.3) is 0 Å². The normalized spacial score (nSPS) is 12.9. The molecule has 5 nitrogen and oxygen atoms in total. The van der Waals surface area contributed by atoms with Gasteiger partial charge in [0.2, 0.25) is 0 Å². The van der Waals surface area contributed by atoms with Gasteiger partial charge in [0.15, 0.2) is 0 Å². The summed E-state index contributed by atoms with van der Waals surface area (Å²) >= 11 is 0. The highest BCUT2D eigenvalue weighted by atomic mass is 16.5. The zero-order chi connectivity index (χ0) is 8.69. The molecule has 0 rings (SSSR count). The zero-order valence-electron chi connectivity index (χ0n) is 6.41. The van der Waals surface area contributed by atoms with Crippen molar-refractivity contribution in [2.75, 3.05) is 26.8 Å². The van der Waals surface area contributed by atoms with E-state index in [4.69, 9.17) is 10.2 Å². The summed E-state index contributed by atoms with van der Waals surface area (Å²) in [5.74, 6) is -0.936. The first-order chi connectivity index (χ1) is 5.16. The van der Waals surface area contributed by atoms with Gasteiger partial charge in [-0.05, 0) is 0 Å². The monoisotopic (exact) mass is 163 g/mol. The number of carboxylic acid groups (broad SMARTS) is 1. The number of carboxylic acids is 1. The second kappa shape index (κ2) is 6.09. The molecule has 1 atom stereocenters. The van der Waals surface area contributed by atoms with E-state index < -0.39 is 12.1 Å². The third-order valence-electron chi connectivity index (χ3n) is 1.02. The molecule has 0 aliphatic rings. The summed E-state index contributed by atoms with van der Waals surface area (Å²) in [7, 11) is 1.47. The molecule has 3 N–H and O–H groups in total. The molecule has 11 heavy (non-hydrogen) atoms. The smallest absolute Gasteiger partial charge is 0.317 e. The lowest BCUT2D eigenvalue weighted by molar-refractivity contribution is -0.136. The van der Waals surface area contributed by atoms with Crippen molar-refractivity contribution >= 4 is 5.97 Å². The molecule has 0 fully saturated rings. The fourth-order valence-electron chi connectivity index (χ4n) is 0.597. The van der Waals surface area contributed by atoms with Crippen molar-refractivity contribution in [1.29, 1.82) is 0 Å². The Balaban J connectivity index is 3.16. The lowest BCUT2D eigenvalue weighted by Crippen LogP contribution is -2.33. The molecule has 0 heterocycles. The maximum absolute atomic E-state index is 9.96. The summed E-state index contributed by atoms with van der Waals surface area (Å²) in [6, 6.07) is 0. The van der Waals surface area contributed by atoms with Crippen molar-refractivity contribution in [3.63, 3.8) is 0 Å². The van der Waals surface area contributed by atoms with Crippen LogP contribution in [0.25, 0.3) is 0 Å². The van der Waals surface area contributed by atoms with Gasteiger partial charge in [-0.3, -0.25) is 4.79 Å². The molecular formula is C6H13NO4. The predicted molar refractivity (Wildman–Crippen MR) is 38.4 cm³/mol. The Morgan fingerprint density at radius 3 is 2.82 bits per heavy atom. The first kappa shape index (κ1) is 10.3. The minimum atomic E-state index is -0.936. The second-order valence-corrected chi connectivity index (χ2v) is 2.13. The van der Waals surface area contributed by atoms with Crippen molar-refractivity contribution in [3.8, 4) is 0 Å². The molecule has 0 aromatic carbocycles. The second-order valence-electron chi connectivity index (χ2n) is 2.13. The Labute approximate surface area is 65.0 Å². The van der Waals surface area contributed by atoms with Crippen LogP contribution in [0.5, 0.6) is 0 Å². The highest BCUT2D eigenvalue weighted by molar-refractivity contribution is 5.68. The van der Waals surface area contributed by atoms with Gasteiger partial charge < -0.3 is 20.3 Å². The van der Waals surface area contributed by atoms with Gasteiger partial charge in [-0.15, -0.1) is 0 Å². The molecular weight excluding hydrogens is 150 g/mol. The largest absolute Gasteiger partial charge is 0.480 e. The molecule has 0 aliphatic heterocycles. The average Bonchev–Trinajstić information content (AvgIpc) is 1.87. The molecule has 66 valence electrons. The highest BCUT2D eigenvalue weighted by Crippen LogP contribution is 1.79. The summed E-state index contributed by atoms with van der Waals surface area (Å²) in [4.78, 5) is 9.96. The summed E-state index contributed by atoms with van der Waals surface area (Å²) < 4.78 is 4.62. The van der Waals surface area contributed by atoms with Crippen molar-refractivity contribution in [1.82, 2.24) is 5.32 Å². The van der Waals surface area contributed by atoms with Crippen LogP contribution in [0.1, 0.15) is 0 Å². The molecule has 0 radical (unpaired) electrons. The van der Waals surface area contributed by atoms with E-state index in [9.17, 15) is 4.79 Å². The van der Waals surface area contributed by atoms with Crippen molar-refractivity contribution in [2.24, 2.45) is 0 Å². The third-order valence-corrected chi connectivity index (χ3v) is 1.02. The van der Waals surface area contributed by atoms with Crippen LogP contribution in [0.15, 0.2) is 0 Å². The molecule has 5 heteroatoms. The fourth-order valence-corrected chi connectivity index (χ4v) is 0.597. The number of rotatable bonds is 6. The van der Waals surface area contributed by atoms with Crippen LogP contribution in [-0.4, -0.2) is 49.1 Å². The van der Waals surface area contributed by atoms with Gasteiger partial charge in [-0.1, -0.05) is 0 Å². The maximum Gasteiger partial charge on any atom is 0.317 e. The number of ether oxygens (including phenoxy) is 1. The highest BCUT2D eigenvalue weighted by Gasteiger charge is 2.02. The van der Waals surface area contributed by atoms with Gasteiger partial charge in [0, 0.05) is 13.7 Å². The van der Waals surface area contributed by atoms with E-state index in [1.165, 1.54) is 7.11 Å². The quantitative estimate of drug-likeness (QED) is 0.452. The van der Waals surface area contributed by atoms with Crippen molar-refractivity contribution in [3.05, 3.63) is 0 Å². The number of nitrogens with one attached hydrogen (secondary N) is 1. The molecule has 0 aromatic rings. The summed E-state index contributed by atoms with van der Waals surface area (Å²) in [5, 5.41) is 19.7. The third kappa shape index (κ3) is 7.24. The zero-order valence-corrected chi connectivity index (χ0v) is 6.41. The van der Waals surface area contributed by atoms with Crippen LogP contribution < -0.4 is 5.32 Å². The van der Waals surface area contributed by atoms with E-state index in [1.807, 2.05) is 0 Å². The van der Waals surface area contributed by atoms with E-state index in [1.54, 1.807) is 0 Å². The number of carbonyl (C=O) groups is 1. The van der Waals surface area contributed by atoms with Crippen LogP contribution in [0.3, 0.4) is 0 Å². The molecule has 0 saturated carbocycles. The van der Waals surface area contributed by atoms with Crippen LogP contribution in [0.2, 0.25) is 0 Å². The number of methoxy groups -OCH3 is 1. The molecule has 0 spiro atoms. The van der Waals surface area contributed by atoms with Crippen LogP contribution in [0.4, 0.5) is 0 Å². The maximum atomic E-state index is 9.96. The Morgan fingerprint density at radius 1 is 1.73 bits per heavy atom. The SMILES string of the molecule is COC[C@H](O)CNCC(=O)O. The number of aliphatic carboxylic acids is 1. The number of aliphatic hydroxyl groups excluding tert-OH is 1. The lowest BCUT2D eigenvalue weighted by Gasteiger charge is -2.08. The van der Waals surface area contributed by atoms with E-state index in [0.717, 1.165) is 0 Å². The molecule has 0 bridgehead atoms. The summed E-state index contributed by atoms with van der Waals surface area (Å²) in [6.07, 6.45) is -0.639. The molecule has 0 saturated heterocycles. The Hall–Kier alpha value is -0.650. The van der Waals surface area contributed by atoms with Crippen LogP contribution in [-0.2, 0) is 9.53 Å². The van der Waals surface area contributed by atoms with Gasteiger partial charge in [-0.2, -0.15) is 0 Å². The van der Waals surface area contributed by atoms with Crippen LogP contribution >= 0.6 is 0 Å². The van der Waals surface area contributed by atoms with E-state index in [0.29, 0.717) is 0 Å². The molecule has 0 amide bonds. The van der Waals surface area contributed by atoms with E-state index >= 15 is 0 Å². The topological polar surface area (TPSA) is 78.8 Å². The first-order valence-electron chi connectivity index (χ1n) is 3.26. The number of hydrogen-bond donors (Lipinski definition) is 3. The van der Waals surface area contributed by atoms with Crippen molar-refractivity contribution in [2.45, 2.75) is 6.10 Å². The summed E-state index contributed by atoms with van der Waals surface area (Å²) in [6.45, 7) is 0.313. The predicted octanol–water partition coefficient (Wildman–Crippen LogP) is -1.33. The average molecular weight is 163 g/mol. The minimum Gasteiger partial charge on any atom is -0.480 e. The minimum absolute atomic E-state index is 0.138. The van der Waals surface area contributed by atoms with Gasteiger partial charge in [0.05, 0.1) is 19.3 Å². The fraction of sp³-hybridized carbons (Fsp3) is 0.833. The standard InChI is InChI=1S/C6H13NO4/c1-11-4-5(8)2-7-3-6(9)10/h5,7-8H,2-4H2,1H3,(H,9,10)/t5-/m1/s1. The Kier molecular flexibility index (Phi) is 5.73. The van der Waals surface area contributed by atoms with Crippen LogP contribution in [0, 0.1) is 0 Å². The van der Waals surface area contributed by atoms with Gasteiger partial charge in [-0.25, -0.2) is 0 Å². The van der Waals surface area contributed by atoms with E-state index in [-0.39, 0.29) is 19.7 Å². The first-order valence-corrected chi connectivity index (χ1v) is 3.26.